The van der Waals surface area contributed by atoms with E-state index in [1.54, 1.807) is 18.2 Å². The molecule has 1 N–H and O–H groups in total. The lowest BCUT2D eigenvalue weighted by Crippen LogP contribution is -2.09. The number of nitro groups is 1. The van der Waals surface area contributed by atoms with Gasteiger partial charge in [-0.2, -0.15) is 0 Å². The van der Waals surface area contributed by atoms with Gasteiger partial charge in [-0.3, -0.25) is 14.9 Å². The van der Waals surface area contributed by atoms with Gasteiger partial charge >= 0.3 is 0 Å². The summed E-state index contributed by atoms with van der Waals surface area (Å²) in [6.07, 6.45) is 2.87. The molecular formula is C23H17N3O4. The Morgan fingerprint density at radius 2 is 1.93 bits per heavy atom. The van der Waals surface area contributed by atoms with E-state index >= 15 is 0 Å². The average molecular weight is 399 g/mol. The number of hydrogen-bond acceptors (Lipinski definition) is 5. The minimum Gasteiger partial charge on any atom is -0.436 e. The normalized spacial score (nSPS) is 11.1. The Balaban J connectivity index is 1.54. The highest BCUT2D eigenvalue weighted by Crippen LogP contribution is 2.28. The Hall–Kier alpha value is -4.26. The topological polar surface area (TPSA) is 98.3 Å². The molecule has 7 nitrogen and oxygen atoms in total. The van der Waals surface area contributed by atoms with Crippen molar-refractivity contribution >= 4 is 34.5 Å². The molecule has 30 heavy (non-hydrogen) atoms. The van der Waals surface area contributed by atoms with E-state index in [-0.39, 0.29) is 11.6 Å². The summed E-state index contributed by atoms with van der Waals surface area (Å²) >= 11 is 0. The third-order valence-corrected chi connectivity index (χ3v) is 4.54. The molecule has 0 radical (unpaired) electrons. The lowest BCUT2D eigenvalue weighted by molar-refractivity contribution is -0.384. The number of aryl methyl sites for hydroxylation is 1. The molecule has 0 unspecified atom stereocenters. The van der Waals surface area contributed by atoms with Gasteiger partial charge in [-0.25, -0.2) is 4.98 Å². The van der Waals surface area contributed by atoms with Crippen LogP contribution in [0.2, 0.25) is 0 Å². The van der Waals surface area contributed by atoms with Crippen molar-refractivity contribution in [3.05, 3.63) is 94.0 Å². The van der Waals surface area contributed by atoms with Crippen molar-refractivity contribution in [3.63, 3.8) is 0 Å². The van der Waals surface area contributed by atoms with Crippen LogP contribution in [-0.2, 0) is 4.79 Å². The summed E-state index contributed by atoms with van der Waals surface area (Å²) in [4.78, 5) is 27.2. The highest BCUT2D eigenvalue weighted by molar-refractivity contribution is 6.02. The van der Waals surface area contributed by atoms with Gasteiger partial charge in [0.2, 0.25) is 11.8 Å². The largest absolute Gasteiger partial charge is 0.436 e. The van der Waals surface area contributed by atoms with Crippen LogP contribution in [0.4, 0.5) is 11.4 Å². The lowest BCUT2D eigenvalue weighted by Gasteiger charge is -2.08. The first kappa shape index (κ1) is 19.1. The number of carbonyl (C=O) groups excluding carboxylic acids is 1. The van der Waals surface area contributed by atoms with Gasteiger partial charge in [-0.1, -0.05) is 30.3 Å². The van der Waals surface area contributed by atoms with Gasteiger partial charge in [0.1, 0.15) is 5.52 Å². The summed E-state index contributed by atoms with van der Waals surface area (Å²) in [6.45, 7) is 1.88. The van der Waals surface area contributed by atoms with Crippen LogP contribution in [0.15, 0.2) is 77.2 Å². The number of carbonyl (C=O) groups is 1. The molecule has 0 fully saturated rings. The summed E-state index contributed by atoms with van der Waals surface area (Å²) in [6, 6.07) is 19.1. The van der Waals surface area contributed by atoms with Crippen LogP contribution in [0.1, 0.15) is 11.1 Å². The molecule has 0 aliphatic heterocycles. The smallest absolute Gasteiger partial charge is 0.270 e. The Labute approximate surface area is 171 Å². The van der Waals surface area contributed by atoms with Crippen LogP contribution in [0.25, 0.3) is 28.6 Å². The second kappa shape index (κ2) is 8.00. The molecule has 0 saturated heterocycles. The van der Waals surface area contributed by atoms with Crippen molar-refractivity contribution in [1.29, 1.82) is 0 Å². The second-order valence-electron chi connectivity index (χ2n) is 6.69. The molecule has 1 amide bonds. The van der Waals surface area contributed by atoms with Gasteiger partial charge in [-0.05, 0) is 48.4 Å². The van der Waals surface area contributed by atoms with Crippen molar-refractivity contribution < 1.29 is 14.1 Å². The molecule has 0 bridgehead atoms. The van der Waals surface area contributed by atoms with Crippen molar-refractivity contribution in [2.45, 2.75) is 6.92 Å². The summed E-state index contributed by atoms with van der Waals surface area (Å²) < 4.78 is 5.80. The quantitative estimate of drug-likeness (QED) is 0.277. The number of non-ortho nitro benzene ring substituents is 1. The van der Waals surface area contributed by atoms with Gasteiger partial charge in [-0.15, -0.1) is 0 Å². The molecule has 0 saturated carbocycles. The fourth-order valence-corrected chi connectivity index (χ4v) is 2.97. The van der Waals surface area contributed by atoms with Gasteiger partial charge < -0.3 is 9.73 Å². The van der Waals surface area contributed by atoms with Crippen LogP contribution in [0, 0.1) is 17.0 Å². The van der Waals surface area contributed by atoms with Crippen molar-refractivity contribution in [2.75, 3.05) is 5.32 Å². The Kier molecular flexibility index (Phi) is 5.09. The third kappa shape index (κ3) is 4.10. The molecule has 1 aromatic heterocycles. The molecule has 0 atom stereocenters. The standard InChI is InChI=1S/C23H17N3O4/c1-15-9-11-17(23-25-19-7-2-3-8-21(19)30-23)14-20(15)24-22(27)12-10-16-5-4-6-18(13-16)26(28)29/h2-14H,1H3,(H,24,27). The zero-order valence-electron chi connectivity index (χ0n) is 16.0. The Morgan fingerprint density at radius 3 is 2.73 bits per heavy atom. The first-order chi connectivity index (χ1) is 14.5. The van der Waals surface area contributed by atoms with Crippen LogP contribution in [-0.4, -0.2) is 15.8 Å². The first-order valence-corrected chi connectivity index (χ1v) is 9.20. The lowest BCUT2D eigenvalue weighted by atomic mass is 10.1. The second-order valence-corrected chi connectivity index (χ2v) is 6.69. The predicted octanol–water partition coefficient (Wildman–Crippen LogP) is 5.36. The summed E-state index contributed by atoms with van der Waals surface area (Å²) in [5, 5.41) is 13.7. The number of para-hydroxylation sites is 2. The number of oxazole rings is 1. The monoisotopic (exact) mass is 399 g/mol. The number of nitro benzene ring substituents is 1. The number of fused-ring (bicyclic) bond motifs is 1. The minimum atomic E-state index is -0.474. The van der Waals surface area contributed by atoms with E-state index in [4.69, 9.17) is 4.42 Å². The fourth-order valence-electron chi connectivity index (χ4n) is 2.97. The van der Waals surface area contributed by atoms with Crippen molar-refractivity contribution in [1.82, 2.24) is 4.98 Å². The SMILES string of the molecule is Cc1ccc(-c2nc3ccccc3o2)cc1NC(=O)C=Cc1cccc([N+](=O)[O-])c1. The zero-order valence-corrected chi connectivity index (χ0v) is 16.0. The Morgan fingerprint density at radius 1 is 1.10 bits per heavy atom. The maximum absolute atomic E-state index is 12.4. The van der Waals surface area contributed by atoms with E-state index in [2.05, 4.69) is 10.3 Å². The Bertz CT molecular complexity index is 1260. The number of nitrogens with one attached hydrogen (secondary N) is 1. The van der Waals surface area contributed by atoms with E-state index in [1.807, 2.05) is 43.3 Å². The summed E-state index contributed by atoms with van der Waals surface area (Å²) in [5.41, 5.74) is 4.25. The predicted molar refractivity (Wildman–Crippen MR) is 115 cm³/mol. The van der Waals surface area contributed by atoms with Gasteiger partial charge in [0, 0.05) is 29.5 Å². The number of nitrogens with zero attached hydrogens (tertiary/aromatic N) is 2. The molecular weight excluding hydrogens is 382 g/mol. The third-order valence-electron chi connectivity index (χ3n) is 4.54. The number of rotatable bonds is 5. The molecule has 4 aromatic rings. The van der Waals surface area contributed by atoms with Crippen LogP contribution in [0.5, 0.6) is 0 Å². The molecule has 7 heteroatoms. The highest BCUT2D eigenvalue weighted by Gasteiger charge is 2.11. The van der Waals surface area contributed by atoms with E-state index < -0.39 is 4.92 Å². The first-order valence-electron chi connectivity index (χ1n) is 9.20. The summed E-state index contributed by atoms with van der Waals surface area (Å²) in [7, 11) is 0. The number of benzene rings is 3. The maximum Gasteiger partial charge on any atom is 0.270 e. The molecule has 0 aliphatic carbocycles. The molecule has 148 valence electrons. The zero-order chi connectivity index (χ0) is 21.1. The number of anilines is 1. The average Bonchev–Trinajstić information content (AvgIpc) is 3.18. The number of hydrogen-bond donors (Lipinski definition) is 1. The minimum absolute atomic E-state index is 0.0283. The van der Waals surface area contributed by atoms with Gasteiger partial charge in [0.15, 0.2) is 5.58 Å². The number of aromatic nitrogens is 1. The van der Waals surface area contributed by atoms with Crippen LogP contribution >= 0.6 is 0 Å². The molecule has 4 rings (SSSR count). The number of amides is 1. The van der Waals surface area contributed by atoms with E-state index in [0.29, 0.717) is 22.7 Å². The molecule has 0 spiro atoms. The van der Waals surface area contributed by atoms with E-state index in [0.717, 1.165) is 16.6 Å². The molecule has 3 aromatic carbocycles. The van der Waals surface area contributed by atoms with E-state index in [9.17, 15) is 14.9 Å². The van der Waals surface area contributed by atoms with E-state index in [1.165, 1.54) is 24.3 Å². The van der Waals surface area contributed by atoms with Gasteiger partial charge in [0.05, 0.1) is 4.92 Å². The van der Waals surface area contributed by atoms with Crippen molar-refractivity contribution in [3.8, 4) is 11.5 Å². The fraction of sp³-hybridized carbons (Fsp3) is 0.0435. The highest BCUT2D eigenvalue weighted by atomic mass is 16.6. The van der Waals surface area contributed by atoms with Crippen LogP contribution in [0.3, 0.4) is 0 Å². The maximum atomic E-state index is 12.4. The molecule has 1 heterocycles. The van der Waals surface area contributed by atoms with Gasteiger partial charge in [0.25, 0.3) is 5.69 Å². The van der Waals surface area contributed by atoms with Crippen molar-refractivity contribution in [2.24, 2.45) is 0 Å². The van der Waals surface area contributed by atoms with Crippen LogP contribution < -0.4 is 5.32 Å². The molecule has 0 aliphatic rings. The summed E-state index contributed by atoms with van der Waals surface area (Å²) in [5.74, 6) is 0.123.